The van der Waals surface area contributed by atoms with E-state index in [-0.39, 0.29) is 6.04 Å². The third kappa shape index (κ3) is 4.45. The van der Waals surface area contributed by atoms with Crippen LogP contribution in [0.2, 0.25) is 0 Å². The van der Waals surface area contributed by atoms with Crippen LogP contribution in [0.15, 0.2) is 39.7 Å². The quantitative estimate of drug-likeness (QED) is 0.644. The van der Waals surface area contributed by atoms with Crippen molar-refractivity contribution in [2.24, 2.45) is 4.99 Å². The number of furan rings is 1. The summed E-state index contributed by atoms with van der Waals surface area (Å²) in [6.45, 7) is 6.42. The van der Waals surface area contributed by atoms with Gasteiger partial charge in [0.25, 0.3) is 0 Å². The Balaban J connectivity index is 1.50. The van der Waals surface area contributed by atoms with Gasteiger partial charge in [0.1, 0.15) is 11.3 Å². The highest BCUT2D eigenvalue weighted by molar-refractivity contribution is 7.99. The zero-order valence-corrected chi connectivity index (χ0v) is 15.2. The SMILES string of the molecule is CN=C(NCCN1CCSCC1)NC(C)c1cc2ccccc2o1. The van der Waals surface area contributed by atoms with Crippen molar-refractivity contribution in [1.29, 1.82) is 0 Å². The van der Waals surface area contributed by atoms with Crippen molar-refractivity contribution in [3.8, 4) is 0 Å². The maximum atomic E-state index is 5.92. The monoisotopic (exact) mass is 346 g/mol. The van der Waals surface area contributed by atoms with Crippen LogP contribution in [0.25, 0.3) is 11.0 Å². The summed E-state index contributed by atoms with van der Waals surface area (Å²) >= 11 is 2.04. The molecule has 0 spiro atoms. The molecule has 1 atom stereocenters. The van der Waals surface area contributed by atoms with Gasteiger partial charge >= 0.3 is 0 Å². The van der Waals surface area contributed by atoms with Crippen molar-refractivity contribution in [1.82, 2.24) is 15.5 Å². The second-order valence-corrected chi connectivity index (χ2v) is 7.23. The van der Waals surface area contributed by atoms with Crippen LogP contribution in [0.3, 0.4) is 0 Å². The van der Waals surface area contributed by atoms with E-state index in [1.54, 1.807) is 7.05 Å². The van der Waals surface area contributed by atoms with Crippen LogP contribution in [0.1, 0.15) is 18.7 Å². The van der Waals surface area contributed by atoms with Gasteiger partial charge in [-0.25, -0.2) is 0 Å². The molecular weight excluding hydrogens is 320 g/mol. The Morgan fingerprint density at radius 1 is 1.33 bits per heavy atom. The van der Waals surface area contributed by atoms with Crippen LogP contribution in [0.5, 0.6) is 0 Å². The number of guanidine groups is 1. The highest BCUT2D eigenvalue weighted by Gasteiger charge is 2.14. The fourth-order valence-corrected chi connectivity index (χ4v) is 3.82. The Bertz CT molecular complexity index is 645. The molecule has 0 radical (unpaired) electrons. The fraction of sp³-hybridized carbons (Fsp3) is 0.500. The first-order valence-corrected chi connectivity index (χ1v) is 9.67. The van der Waals surface area contributed by atoms with E-state index >= 15 is 0 Å². The maximum Gasteiger partial charge on any atom is 0.191 e. The van der Waals surface area contributed by atoms with Gasteiger partial charge in [-0.05, 0) is 19.1 Å². The number of benzene rings is 1. The Morgan fingerprint density at radius 2 is 2.12 bits per heavy atom. The number of thioether (sulfide) groups is 1. The minimum atomic E-state index is 0.0648. The van der Waals surface area contributed by atoms with Gasteiger partial charge < -0.3 is 15.1 Å². The maximum absolute atomic E-state index is 5.92. The van der Waals surface area contributed by atoms with Gasteiger partial charge in [0.2, 0.25) is 0 Å². The number of hydrogen-bond acceptors (Lipinski definition) is 4. The minimum absolute atomic E-state index is 0.0648. The van der Waals surface area contributed by atoms with E-state index in [2.05, 4.69) is 39.6 Å². The van der Waals surface area contributed by atoms with Gasteiger partial charge in [-0.3, -0.25) is 9.89 Å². The standard InChI is InChI=1S/C18H26N4OS/c1-14(17-13-15-5-3-4-6-16(15)23-17)21-18(19-2)20-7-8-22-9-11-24-12-10-22/h3-6,13-14H,7-12H2,1-2H3,(H2,19,20,21). The molecule has 0 saturated carbocycles. The first-order chi connectivity index (χ1) is 11.8. The summed E-state index contributed by atoms with van der Waals surface area (Å²) < 4.78 is 5.92. The topological polar surface area (TPSA) is 52.8 Å². The number of para-hydroxylation sites is 1. The van der Waals surface area contributed by atoms with Gasteiger partial charge in [0, 0.05) is 50.1 Å². The lowest BCUT2D eigenvalue weighted by Gasteiger charge is -2.26. The van der Waals surface area contributed by atoms with E-state index in [1.807, 2.05) is 30.0 Å². The van der Waals surface area contributed by atoms with Crippen LogP contribution < -0.4 is 10.6 Å². The van der Waals surface area contributed by atoms with Gasteiger partial charge in [0.15, 0.2) is 5.96 Å². The highest BCUT2D eigenvalue weighted by Crippen LogP contribution is 2.23. The molecule has 3 rings (SSSR count). The predicted octanol–water partition coefficient (Wildman–Crippen LogP) is 2.71. The molecule has 1 aromatic heterocycles. The molecular formula is C18H26N4OS. The summed E-state index contributed by atoms with van der Waals surface area (Å²) in [5.74, 6) is 4.23. The Kier molecular flexibility index (Phi) is 6.04. The normalized spacial score (nSPS) is 17.8. The third-order valence-electron chi connectivity index (χ3n) is 4.27. The summed E-state index contributed by atoms with van der Waals surface area (Å²) in [7, 11) is 1.80. The lowest BCUT2D eigenvalue weighted by Crippen LogP contribution is -2.43. The highest BCUT2D eigenvalue weighted by atomic mass is 32.2. The van der Waals surface area contributed by atoms with Crippen LogP contribution in [-0.4, -0.2) is 55.6 Å². The molecule has 6 heteroatoms. The van der Waals surface area contributed by atoms with E-state index in [9.17, 15) is 0 Å². The summed E-state index contributed by atoms with van der Waals surface area (Å²) in [5.41, 5.74) is 0.923. The van der Waals surface area contributed by atoms with Crippen molar-refractivity contribution in [3.63, 3.8) is 0 Å². The number of nitrogens with one attached hydrogen (secondary N) is 2. The van der Waals surface area contributed by atoms with E-state index < -0.39 is 0 Å². The number of aliphatic imine (C=N–C) groups is 1. The molecule has 1 aliphatic rings. The number of nitrogens with zero attached hydrogens (tertiary/aromatic N) is 2. The molecule has 5 nitrogen and oxygen atoms in total. The van der Waals surface area contributed by atoms with Crippen LogP contribution in [0, 0.1) is 0 Å². The summed E-state index contributed by atoms with van der Waals surface area (Å²) in [4.78, 5) is 6.82. The van der Waals surface area contributed by atoms with E-state index in [4.69, 9.17) is 4.42 Å². The number of fused-ring (bicyclic) bond motifs is 1. The van der Waals surface area contributed by atoms with Gasteiger partial charge in [-0.1, -0.05) is 18.2 Å². The summed E-state index contributed by atoms with van der Waals surface area (Å²) in [6, 6.07) is 10.2. The van der Waals surface area contributed by atoms with Crippen molar-refractivity contribution < 1.29 is 4.42 Å². The summed E-state index contributed by atoms with van der Waals surface area (Å²) in [5, 5.41) is 7.94. The third-order valence-corrected chi connectivity index (χ3v) is 5.21. The van der Waals surface area contributed by atoms with Crippen LogP contribution >= 0.6 is 11.8 Å². The van der Waals surface area contributed by atoms with Gasteiger partial charge in [-0.15, -0.1) is 0 Å². The van der Waals surface area contributed by atoms with E-state index in [0.29, 0.717) is 0 Å². The van der Waals surface area contributed by atoms with Crippen LogP contribution in [-0.2, 0) is 0 Å². The van der Waals surface area contributed by atoms with Crippen molar-refractivity contribution in [2.75, 3.05) is 44.7 Å². The van der Waals surface area contributed by atoms with Crippen LogP contribution in [0.4, 0.5) is 0 Å². The summed E-state index contributed by atoms with van der Waals surface area (Å²) in [6.07, 6.45) is 0. The zero-order chi connectivity index (χ0) is 16.8. The lowest BCUT2D eigenvalue weighted by atomic mass is 10.2. The molecule has 2 heterocycles. The Hall–Kier alpha value is -1.66. The molecule has 2 aromatic rings. The average molecular weight is 347 g/mol. The van der Waals surface area contributed by atoms with E-state index in [1.165, 1.54) is 24.6 Å². The molecule has 24 heavy (non-hydrogen) atoms. The largest absolute Gasteiger partial charge is 0.459 e. The molecule has 0 bridgehead atoms. The van der Waals surface area contributed by atoms with Gasteiger partial charge in [-0.2, -0.15) is 11.8 Å². The minimum Gasteiger partial charge on any atom is -0.459 e. The predicted molar refractivity (Wildman–Crippen MR) is 103 cm³/mol. The Morgan fingerprint density at radius 3 is 2.88 bits per heavy atom. The molecule has 130 valence electrons. The zero-order valence-electron chi connectivity index (χ0n) is 14.4. The molecule has 2 N–H and O–H groups in total. The average Bonchev–Trinajstić information content (AvgIpc) is 3.06. The van der Waals surface area contributed by atoms with E-state index in [0.717, 1.165) is 35.8 Å². The van der Waals surface area contributed by atoms with Crippen molar-refractivity contribution in [2.45, 2.75) is 13.0 Å². The Labute approximate surface area is 147 Å². The fourth-order valence-electron chi connectivity index (χ4n) is 2.84. The van der Waals surface area contributed by atoms with Crippen molar-refractivity contribution >= 4 is 28.7 Å². The molecule has 1 aliphatic heterocycles. The number of hydrogen-bond donors (Lipinski definition) is 2. The second-order valence-electron chi connectivity index (χ2n) is 6.01. The molecule has 1 aromatic carbocycles. The smallest absolute Gasteiger partial charge is 0.191 e. The van der Waals surface area contributed by atoms with Gasteiger partial charge in [0.05, 0.1) is 6.04 Å². The molecule has 0 aliphatic carbocycles. The molecule has 0 amide bonds. The lowest BCUT2D eigenvalue weighted by molar-refractivity contribution is 0.306. The molecule has 1 unspecified atom stereocenters. The van der Waals surface area contributed by atoms with Crippen molar-refractivity contribution in [3.05, 3.63) is 36.1 Å². The number of rotatable bonds is 5. The first-order valence-electron chi connectivity index (χ1n) is 8.52. The molecule has 1 saturated heterocycles. The molecule has 1 fully saturated rings. The second kappa shape index (κ2) is 8.44. The first kappa shape index (κ1) is 17.2.